The number of rotatable bonds is 2. The lowest BCUT2D eigenvalue weighted by Gasteiger charge is -2.49. The van der Waals surface area contributed by atoms with Gasteiger partial charge in [-0.15, -0.1) is 0 Å². The first kappa shape index (κ1) is 11.7. The zero-order valence-corrected chi connectivity index (χ0v) is 10.1. The molecular formula is C13H20O4. The maximum Gasteiger partial charge on any atom is 0.176 e. The van der Waals surface area contributed by atoms with E-state index >= 15 is 0 Å². The van der Waals surface area contributed by atoms with Crippen LogP contribution in [0.4, 0.5) is 0 Å². The maximum atomic E-state index is 9.28. The molecule has 0 aromatic rings. The van der Waals surface area contributed by atoms with Crippen molar-refractivity contribution in [2.75, 3.05) is 13.2 Å². The summed E-state index contributed by atoms with van der Waals surface area (Å²) in [5.41, 5.74) is 0.138. The van der Waals surface area contributed by atoms with Gasteiger partial charge in [0.2, 0.25) is 0 Å². The number of hydrogen-bond acceptors (Lipinski definition) is 4. The van der Waals surface area contributed by atoms with Gasteiger partial charge in [-0.2, -0.15) is 0 Å². The molecule has 2 bridgehead atoms. The molecule has 2 fully saturated rings. The molecule has 1 saturated heterocycles. The van der Waals surface area contributed by atoms with E-state index in [1.165, 1.54) is 0 Å². The molecule has 0 aromatic heterocycles. The van der Waals surface area contributed by atoms with Crippen molar-refractivity contribution >= 4 is 0 Å². The first-order valence-corrected chi connectivity index (χ1v) is 6.37. The van der Waals surface area contributed by atoms with E-state index in [0.29, 0.717) is 0 Å². The molecule has 4 atom stereocenters. The highest BCUT2D eigenvalue weighted by molar-refractivity contribution is 5.17. The van der Waals surface area contributed by atoms with Gasteiger partial charge in [-0.05, 0) is 18.3 Å². The Labute approximate surface area is 101 Å². The second-order valence-corrected chi connectivity index (χ2v) is 5.82. The first-order chi connectivity index (χ1) is 8.11. The smallest absolute Gasteiger partial charge is 0.176 e. The molecule has 4 rings (SSSR count). The Bertz CT molecular complexity index is 328. The molecule has 0 aromatic carbocycles. The van der Waals surface area contributed by atoms with Gasteiger partial charge in [-0.25, -0.2) is 0 Å². The standard InChI is InChI=1S/C13H20O4/c1-12-4-2-9(3-5-12)13(8-12)16-10(6-14)11(7-15)17-13/h2,4,9-11,14-15H,3,5-8H2,1H3. The van der Waals surface area contributed by atoms with Crippen LogP contribution >= 0.6 is 0 Å². The van der Waals surface area contributed by atoms with Crippen LogP contribution < -0.4 is 0 Å². The predicted molar refractivity (Wildman–Crippen MR) is 61.2 cm³/mol. The van der Waals surface area contributed by atoms with Crippen LogP contribution in [0.15, 0.2) is 12.2 Å². The molecule has 3 aliphatic carbocycles. The number of hydrogen-bond donors (Lipinski definition) is 2. The van der Waals surface area contributed by atoms with Crippen molar-refractivity contribution in [3.8, 4) is 0 Å². The van der Waals surface area contributed by atoms with Gasteiger partial charge in [0.15, 0.2) is 5.79 Å². The van der Waals surface area contributed by atoms with E-state index in [1.807, 2.05) is 0 Å². The Kier molecular flexibility index (Phi) is 2.60. The second-order valence-electron chi connectivity index (χ2n) is 5.82. The molecule has 4 heteroatoms. The van der Waals surface area contributed by atoms with Crippen LogP contribution in [0.3, 0.4) is 0 Å². The Morgan fingerprint density at radius 2 is 1.88 bits per heavy atom. The van der Waals surface area contributed by atoms with Crippen molar-refractivity contribution in [3.63, 3.8) is 0 Å². The topological polar surface area (TPSA) is 58.9 Å². The summed E-state index contributed by atoms with van der Waals surface area (Å²) in [5.74, 6) is -0.349. The van der Waals surface area contributed by atoms with Gasteiger partial charge >= 0.3 is 0 Å². The van der Waals surface area contributed by atoms with Gasteiger partial charge in [0.25, 0.3) is 0 Å². The summed E-state index contributed by atoms with van der Waals surface area (Å²) in [5, 5.41) is 18.6. The number of aliphatic hydroxyl groups is 2. The fraction of sp³-hybridized carbons (Fsp3) is 0.846. The summed E-state index contributed by atoms with van der Waals surface area (Å²) >= 11 is 0. The maximum absolute atomic E-state index is 9.28. The van der Waals surface area contributed by atoms with Gasteiger partial charge in [0.1, 0.15) is 12.2 Å². The van der Waals surface area contributed by atoms with Crippen LogP contribution in [0.2, 0.25) is 0 Å². The van der Waals surface area contributed by atoms with E-state index in [9.17, 15) is 10.2 Å². The van der Waals surface area contributed by atoms with Gasteiger partial charge in [0.05, 0.1) is 13.2 Å². The fourth-order valence-electron chi connectivity index (χ4n) is 3.48. The van der Waals surface area contributed by atoms with Gasteiger partial charge < -0.3 is 19.7 Å². The normalized spacial score (nSPS) is 52.5. The Hall–Kier alpha value is -0.420. The van der Waals surface area contributed by atoms with E-state index < -0.39 is 18.0 Å². The van der Waals surface area contributed by atoms with Crippen molar-refractivity contribution in [2.24, 2.45) is 11.3 Å². The van der Waals surface area contributed by atoms with Crippen LogP contribution in [0.5, 0.6) is 0 Å². The lowest BCUT2D eigenvalue weighted by Crippen LogP contribution is -2.50. The molecule has 17 heavy (non-hydrogen) atoms. The summed E-state index contributed by atoms with van der Waals surface area (Å²) in [6, 6.07) is 0. The molecule has 0 radical (unpaired) electrons. The molecule has 1 spiro atoms. The molecule has 4 nitrogen and oxygen atoms in total. The minimum atomic E-state index is -0.609. The summed E-state index contributed by atoms with van der Waals surface area (Å²) in [4.78, 5) is 0. The van der Waals surface area contributed by atoms with Crippen LogP contribution in [0.25, 0.3) is 0 Å². The Morgan fingerprint density at radius 3 is 2.29 bits per heavy atom. The van der Waals surface area contributed by atoms with Gasteiger partial charge in [-0.3, -0.25) is 0 Å². The van der Waals surface area contributed by atoms with Crippen LogP contribution in [-0.2, 0) is 9.47 Å². The Balaban J connectivity index is 1.87. The highest BCUT2D eigenvalue weighted by Gasteiger charge is 2.58. The van der Waals surface area contributed by atoms with Crippen molar-refractivity contribution in [1.82, 2.24) is 0 Å². The molecule has 0 amide bonds. The van der Waals surface area contributed by atoms with E-state index in [-0.39, 0.29) is 24.5 Å². The molecule has 1 aliphatic heterocycles. The lowest BCUT2D eigenvalue weighted by molar-refractivity contribution is -0.240. The number of fused-ring (bicyclic) bond motifs is 1. The van der Waals surface area contributed by atoms with Crippen molar-refractivity contribution in [1.29, 1.82) is 0 Å². The third-order valence-corrected chi connectivity index (χ3v) is 4.45. The molecule has 1 saturated carbocycles. The summed E-state index contributed by atoms with van der Waals surface area (Å²) in [6.45, 7) is 2.02. The fourth-order valence-corrected chi connectivity index (χ4v) is 3.48. The average Bonchev–Trinajstić information content (AvgIpc) is 2.67. The van der Waals surface area contributed by atoms with Crippen LogP contribution in [0.1, 0.15) is 26.2 Å². The summed E-state index contributed by atoms with van der Waals surface area (Å²) in [6.07, 6.45) is 6.71. The van der Waals surface area contributed by atoms with Crippen molar-refractivity contribution in [2.45, 2.75) is 44.2 Å². The molecular weight excluding hydrogens is 220 g/mol. The van der Waals surface area contributed by atoms with Crippen LogP contribution in [-0.4, -0.2) is 41.4 Å². The molecule has 2 N–H and O–H groups in total. The number of allylic oxidation sites excluding steroid dienone is 1. The summed E-state index contributed by atoms with van der Waals surface area (Å²) in [7, 11) is 0. The van der Waals surface area contributed by atoms with E-state index in [4.69, 9.17) is 9.47 Å². The number of ether oxygens (including phenoxy) is 2. The van der Waals surface area contributed by atoms with Crippen LogP contribution in [0, 0.1) is 11.3 Å². The Morgan fingerprint density at radius 1 is 1.24 bits per heavy atom. The van der Waals surface area contributed by atoms with Gasteiger partial charge in [-0.1, -0.05) is 19.1 Å². The molecule has 96 valence electrons. The quantitative estimate of drug-likeness (QED) is 0.702. The van der Waals surface area contributed by atoms with Gasteiger partial charge in [0, 0.05) is 12.3 Å². The van der Waals surface area contributed by atoms with Crippen molar-refractivity contribution < 1.29 is 19.7 Å². The monoisotopic (exact) mass is 240 g/mol. The summed E-state index contributed by atoms with van der Waals surface area (Å²) < 4.78 is 11.9. The molecule has 1 heterocycles. The third kappa shape index (κ3) is 1.66. The van der Waals surface area contributed by atoms with E-state index in [1.54, 1.807) is 0 Å². The number of aliphatic hydroxyl groups excluding tert-OH is 2. The van der Waals surface area contributed by atoms with Crippen molar-refractivity contribution in [3.05, 3.63) is 12.2 Å². The first-order valence-electron chi connectivity index (χ1n) is 6.37. The van der Waals surface area contributed by atoms with E-state index in [2.05, 4.69) is 19.1 Å². The lowest BCUT2D eigenvalue weighted by atomic mass is 9.63. The molecule has 4 unspecified atom stereocenters. The largest absolute Gasteiger partial charge is 0.394 e. The SMILES string of the molecule is CC12C=CC(CC1)C1(C2)OC(CO)C(CO)O1. The zero-order chi connectivity index (χ0) is 12.1. The van der Waals surface area contributed by atoms with E-state index in [0.717, 1.165) is 19.3 Å². The highest BCUT2D eigenvalue weighted by Crippen LogP contribution is 2.55. The minimum absolute atomic E-state index is 0.0971. The minimum Gasteiger partial charge on any atom is -0.394 e. The predicted octanol–water partition coefficient (Wildman–Crippen LogP) is 0.827. The zero-order valence-electron chi connectivity index (χ0n) is 10.1. The third-order valence-electron chi connectivity index (χ3n) is 4.45. The second kappa shape index (κ2) is 3.79. The highest BCUT2D eigenvalue weighted by atomic mass is 16.8. The average molecular weight is 240 g/mol. The molecule has 4 aliphatic rings.